The number of ether oxygens (including phenoxy) is 2. The van der Waals surface area contributed by atoms with Crippen LogP contribution in [0.3, 0.4) is 0 Å². The highest BCUT2D eigenvalue weighted by Gasteiger charge is 2.13. The Morgan fingerprint density at radius 2 is 2.16 bits per heavy atom. The van der Waals surface area contributed by atoms with E-state index in [4.69, 9.17) is 9.47 Å². The van der Waals surface area contributed by atoms with Gasteiger partial charge in [0, 0.05) is 36.2 Å². The van der Waals surface area contributed by atoms with Gasteiger partial charge < -0.3 is 14.4 Å². The van der Waals surface area contributed by atoms with E-state index in [1.54, 1.807) is 6.26 Å². The molecule has 1 unspecified atom stereocenters. The molecular weight excluding hydrogens is 264 g/mol. The smallest absolute Gasteiger partial charge is 0.215 e. The second-order valence-electron chi connectivity index (χ2n) is 4.57. The van der Waals surface area contributed by atoms with Crippen LogP contribution >= 0.6 is 0 Å². The molecule has 1 aromatic rings. The molecule has 0 aromatic carbocycles. The molecule has 1 fully saturated rings. The zero-order valence-corrected chi connectivity index (χ0v) is 12.2. The van der Waals surface area contributed by atoms with Gasteiger partial charge in [-0.05, 0) is 18.6 Å². The minimum Gasteiger partial charge on any atom is -0.477 e. The summed E-state index contributed by atoms with van der Waals surface area (Å²) in [7, 11) is -0.834. The van der Waals surface area contributed by atoms with E-state index in [-0.39, 0.29) is 0 Å². The summed E-state index contributed by atoms with van der Waals surface area (Å²) in [6.45, 7) is 5.64. The minimum atomic E-state index is -0.834. The molecule has 0 bridgehead atoms. The number of pyridine rings is 1. The van der Waals surface area contributed by atoms with Gasteiger partial charge in [0.15, 0.2) is 0 Å². The molecule has 6 heteroatoms. The molecule has 1 aliphatic rings. The third-order valence-electron chi connectivity index (χ3n) is 2.89. The molecule has 106 valence electrons. The van der Waals surface area contributed by atoms with Crippen LogP contribution in [0.1, 0.15) is 5.56 Å². The topological polar surface area (TPSA) is 51.7 Å². The minimum absolute atomic E-state index is 0.433. The average Bonchev–Trinajstić information content (AvgIpc) is 2.39. The van der Waals surface area contributed by atoms with Crippen molar-refractivity contribution in [2.45, 2.75) is 6.92 Å². The summed E-state index contributed by atoms with van der Waals surface area (Å²) < 4.78 is 21.9. The van der Waals surface area contributed by atoms with Crippen LogP contribution in [0.2, 0.25) is 0 Å². The van der Waals surface area contributed by atoms with Crippen LogP contribution in [0.4, 0.5) is 5.82 Å². The number of rotatable bonds is 5. The Bertz CT molecular complexity index is 448. The van der Waals surface area contributed by atoms with Crippen molar-refractivity contribution in [3.63, 3.8) is 0 Å². The maximum absolute atomic E-state index is 11.0. The van der Waals surface area contributed by atoms with E-state index in [0.717, 1.165) is 37.7 Å². The van der Waals surface area contributed by atoms with Gasteiger partial charge in [-0.2, -0.15) is 4.98 Å². The maximum atomic E-state index is 11.0. The molecule has 0 amide bonds. The van der Waals surface area contributed by atoms with Crippen molar-refractivity contribution >= 4 is 16.6 Å². The molecule has 5 nitrogen and oxygen atoms in total. The monoisotopic (exact) mass is 284 g/mol. The molecule has 1 atom stereocenters. The van der Waals surface area contributed by atoms with Gasteiger partial charge in [-0.25, -0.2) is 0 Å². The van der Waals surface area contributed by atoms with Crippen molar-refractivity contribution in [3.05, 3.63) is 17.7 Å². The molecule has 0 aliphatic carbocycles. The van der Waals surface area contributed by atoms with E-state index in [2.05, 4.69) is 16.0 Å². The van der Waals surface area contributed by atoms with Crippen LogP contribution in [0, 0.1) is 6.92 Å². The predicted octanol–water partition coefficient (Wildman–Crippen LogP) is 0.984. The van der Waals surface area contributed by atoms with Crippen LogP contribution in [0.25, 0.3) is 0 Å². The Morgan fingerprint density at radius 3 is 2.84 bits per heavy atom. The molecule has 1 aromatic heterocycles. The van der Waals surface area contributed by atoms with Gasteiger partial charge in [0.25, 0.3) is 0 Å². The van der Waals surface area contributed by atoms with Crippen LogP contribution in [-0.2, 0) is 15.5 Å². The average molecular weight is 284 g/mol. The Kier molecular flexibility index (Phi) is 5.15. The zero-order chi connectivity index (χ0) is 13.7. The Labute approximate surface area is 116 Å². The maximum Gasteiger partial charge on any atom is 0.215 e. The first kappa shape index (κ1) is 14.3. The fraction of sp³-hybridized carbons (Fsp3) is 0.615. The van der Waals surface area contributed by atoms with Gasteiger partial charge >= 0.3 is 0 Å². The Balaban J connectivity index is 2.03. The van der Waals surface area contributed by atoms with Crippen LogP contribution < -0.4 is 9.64 Å². The number of nitrogens with zero attached hydrogens (tertiary/aromatic N) is 2. The summed E-state index contributed by atoms with van der Waals surface area (Å²) in [5.41, 5.74) is 1.11. The highest BCUT2D eigenvalue weighted by atomic mass is 32.2. The molecule has 2 rings (SSSR count). The molecule has 19 heavy (non-hydrogen) atoms. The van der Waals surface area contributed by atoms with Crippen molar-refractivity contribution in [3.8, 4) is 5.88 Å². The lowest BCUT2D eigenvalue weighted by molar-refractivity contribution is 0.122. The molecule has 0 N–H and O–H groups in total. The second kappa shape index (κ2) is 6.86. The lowest BCUT2D eigenvalue weighted by Crippen LogP contribution is -2.36. The van der Waals surface area contributed by atoms with E-state index in [1.807, 2.05) is 13.0 Å². The summed E-state index contributed by atoms with van der Waals surface area (Å²) in [5.74, 6) is 2.06. The standard InChI is InChI=1S/C13H20N2O3S/c1-11-9-12(15-3-5-17-6-4-15)14-13(10-11)18-7-8-19(2)16/h9-10H,3-8H2,1-2H3. The predicted molar refractivity (Wildman–Crippen MR) is 76.4 cm³/mol. The number of aryl methyl sites for hydroxylation is 1. The zero-order valence-electron chi connectivity index (χ0n) is 11.4. The normalized spacial score (nSPS) is 17.3. The number of anilines is 1. The lowest BCUT2D eigenvalue weighted by atomic mass is 10.2. The van der Waals surface area contributed by atoms with E-state index in [0.29, 0.717) is 18.2 Å². The first-order valence-electron chi connectivity index (χ1n) is 6.39. The summed E-state index contributed by atoms with van der Waals surface area (Å²) >= 11 is 0. The second-order valence-corrected chi connectivity index (χ2v) is 6.12. The van der Waals surface area contributed by atoms with Gasteiger partial charge in [0.05, 0.1) is 19.0 Å². The van der Waals surface area contributed by atoms with E-state index in [1.165, 1.54) is 0 Å². The fourth-order valence-electron chi connectivity index (χ4n) is 1.91. The van der Waals surface area contributed by atoms with Gasteiger partial charge in [-0.1, -0.05) is 0 Å². The Hall–Kier alpha value is -1.14. The van der Waals surface area contributed by atoms with Gasteiger partial charge in [0.1, 0.15) is 12.4 Å². The molecule has 0 spiro atoms. The SMILES string of the molecule is Cc1cc(OCCS(C)=O)nc(N2CCOCC2)c1. The Morgan fingerprint density at radius 1 is 1.42 bits per heavy atom. The van der Waals surface area contributed by atoms with Crippen molar-refractivity contribution in [2.24, 2.45) is 0 Å². The van der Waals surface area contributed by atoms with E-state index in [9.17, 15) is 4.21 Å². The summed E-state index contributed by atoms with van der Waals surface area (Å²) in [4.78, 5) is 6.70. The van der Waals surface area contributed by atoms with Crippen molar-refractivity contribution in [1.29, 1.82) is 0 Å². The largest absolute Gasteiger partial charge is 0.477 e. The number of morpholine rings is 1. The highest BCUT2D eigenvalue weighted by molar-refractivity contribution is 7.84. The fourth-order valence-corrected chi connectivity index (χ4v) is 2.23. The first-order chi connectivity index (χ1) is 9.15. The van der Waals surface area contributed by atoms with Crippen LogP contribution in [-0.4, -0.2) is 54.1 Å². The number of hydrogen-bond acceptors (Lipinski definition) is 5. The third-order valence-corrected chi connectivity index (χ3v) is 3.63. The summed E-state index contributed by atoms with van der Waals surface area (Å²) in [5, 5.41) is 0. The van der Waals surface area contributed by atoms with Crippen molar-refractivity contribution < 1.29 is 13.7 Å². The van der Waals surface area contributed by atoms with Crippen LogP contribution in [0.15, 0.2) is 12.1 Å². The molecule has 2 heterocycles. The van der Waals surface area contributed by atoms with E-state index >= 15 is 0 Å². The molecular formula is C13H20N2O3S. The molecule has 0 radical (unpaired) electrons. The van der Waals surface area contributed by atoms with Crippen LogP contribution in [0.5, 0.6) is 5.88 Å². The highest BCUT2D eigenvalue weighted by Crippen LogP contribution is 2.20. The molecule has 0 saturated carbocycles. The summed E-state index contributed by atoms with van der Waals surface area (Å²) in [6, 6.07) is 3.96. The van der Waals surface area contributed by atoms with Gasteiger partial charge in [0.2, 0.25) is 5.88 Å². The number of hydrogen-bond donors (Lipinski definition) is 0. The number of aromatic nitrogens is 1. The van der Waals surface area contributed by atoms with Gasteiger partial charge in [-0.15, -0.1) is 0 Å². The van der Waals surface area contributed by atoms with Gasteiger partial charge in [-0.3, -0.25) is 4.21 Å². The summed E-state index contributed by atoms with van der Waals surface area (Å²) in [6.07, 6.45) is 1.67. The van der Waals surface area contributed by atoms with Crippen molar-refractivity contribution in [1.82, 2.24) is 4.98 Å². The molecule has 1 aliphatic heterocycles. The third kappa shape index (κ3) is 4.47. The van der Waals surface area contributed by atoms with Crippen molar-refractivity contribution in [2.75, 3.05) is 49.8 Å². The lowest BCUT2D eigenvalue weighted by Gasteiger charge is -2.28. The first-order valence-corrected chi connectivity index (χ1v) is 8.12. The quantitative estimate of drug-likeness (QED) is 0.807. The molecule has 1 saturated heterocycles. The van der Waals surface area contributed by atoms with E-state index < -0.39 is 10.8 Å².